The van der Waals surface area contributed by atoms with Gasteiger partial charge in [-0.1, -0.05) is 19.8 Å². The first kappa shape index (κ1) is 16.8. The predicted octanol–water partition coefficient (Wildman–Crippen LogP) is 1.70. The topological polar surface area (TPSA) is 78.9 Å². The molecule has 20 heavy (non-hydrogen) atoms. The largest absolute Gasteiger partial charge is 0.480 e. The minimum atomic E-state index is -0.957. The maximum atomic E-state index is 12.1. The van der Waals surface area contributed by atoms with E-state index in [9.17, 15) is 9.59 Å². The second-order valence-electron chi connectivity index (χ2n) is 5.37. The molecule has 116 valence electrons. The number of amides is 2. The van der Waals surface area contributed by atoms with Gasteiger partial charge in [0, 0.05) is 26.8 Å². The third kappa shape index (κ3) is 5.36. The van der Waals surface area contributed by atoms with Crippen molar-refractivity contribution in [2.45, 2.75) is 45.1 Å². The van der Waals surface area contributed by atoms with Gasteiger partial charge in [-0.2, -0.15) is 0 Å². The van der Waals surface area contributed by atoms with Crippen molar-refractivity contribution < 1.29 is 19.4 Å². The zero-order chi connectivity index (χ0) is 15.0. The number of carboxylic acids is 1. The summed E-state index contributed by atoms with van der Waals surface area (Å²) in [6, 6.07) is -1.04. The van der Waals surface area contributed by atoms with Crippen LogP contribution in [-0.4, -0.2) is 54.9 Å². The Hall–Kier alpha value is -1.30. The molecule has 1 unspecified atom stereocenters. The molecule has 0 aromatic heterocycles. The van der Waals surface area contributed by atoms with E-state index in [-0.39, 0.29) is 6.03 Å². The molecule has 0 aromatic carbocycles. The number of rotatable bonds is 7. The molecular formula is C14H26N2O4. The Kier molecular flexibility index (Phi) is 7.36. The van der Waals surface area contributed by atoms with Crippen LogP contribution in [0.5, 0.6) is 0 Å². The first-order chi connectivity index (χ1) is 9.58. The summed E-state index contributed by atoms with van der Waals surface area (Å²) in [7, 11) is 1.68. The summed E-state index contributed by atoms with van der Waals surface area (Å²) in [5, 5.41) is 11.7. The highest BCUT2D eigenvalue weighted by Gasteiger charge is 2.26. The molecule has 1 saturated heterocycles. The fourth-order valence-corrected chi connectivity index (χ4v) is 2.44. The van der Waals surface area contributed by atoms with E-state index in [4.69, 9.17) is 9.84 Å². The molecule has 0 bridgehead atoms. The number of piperidine rings is 1. The second-order valence-corrected chi connectivity index (χ2v) is 5.37. The molecule has 1 fully saturated rings. The number of nitrogens with one attached hydrogen (secondary N) is 1. The van der Waals surface area contributed by atoms with Gasteiger partial charge in [-0.25, -0.2) is 9.59 Å². The van der Waals surface area contributed by atoms with Crippen molar-refractivity contribution in [3.05, 3.63) is 0 Å². The quantitative estimate of drug-likeness (QED) is 0.746. The number of carbonyl (C=O) groups excluding carboxylic acids is 1. The molecule has 0 saturated carbocycles. The Bertz CT molecular complexity index is 314. The fraction of sp³-hybridized carbons (Fsp3) is 0.857. The van der Waals surface area contributed by atoms with Gasteiger partial charge in [-0.05, 0) is 25.2 Å². The summed E-state index contributed by atoms with van der Waals surface area (Å²) in [4.78, 5) is 24.9. The number of unbranched alkanes of at least 4 members (excludes halogenated alkanes) is 1. The van der Waals surface area contributed by atoms with Crippen LogP contribution < -0.4 is 5.32 Å². The zero-order valence-corrected chi connectivity index (χ0v) is 12.4. The number of hydrogen-bond donors (Lipinski definition) is 2. The smallest absolute Gasteiger partial charge is 0.326 e. The van der Waals surface area contributed by atoms with Crippen LogP contribution in [0.25, 0.3) is 0 Å². The molecular weight excluding hydrogens is 260 g/mol. The Labute approximate surface area is 120 Å². The Morgan fingerprint density at radius 3 is 2.55 bits per heavy atom. The van der Waals surface area contributed by atoms with Crippen LogP contribution in [0.1, 0.15) is 39.0 Å². The Morgan fingerprint density at radius 2 is 2.05 bits per heavy atom. The fourth-order valence-electron chi connectivity index (χ4n) is 2.44. The van der Waals surface area contributed by atoms with Crippen LogP contribution in [0.3, 0.4) is 0 Å². The monoisotopic (exact) mass is 286 g/mol. The highest BCUT2D eigenvalue weighted by Crippen LogP contribution is 2.17. The Balaban J connectivity index is 2.39. The zero-order valence-electron chi connectivity index (χ0n) is 12.4. The molecule has 2 N–H and O–H groups in total. The molecule has 0 aromatic rings. The predicted molar refractivity (Wildman–Crippen MR) is 75.7 cm³/mol. The minimum absolute atomic E-state index is 0.260. The molecule has 6 nitrogen and oxygen atoms in total. The number of aliphatic carboxylic acids is 1. The number of carboxylic acid groups (broad SMARTS) is 1. The van der Waals surface area contributed by atoms with Crippen molar-refractivity contribution >= 4 is 12.0 Å². The molecule has 1 aliphatic heterocycles. The standard InChI is InChI=1S/C14H26N2O4/c1-3-4-5-12(13(17)18)15-14(19)16-8-6-11(7-9-16)10-20-2/h11-12H,3-10H2,1-2H3,(H,15,19)(H,17,18). The molecule has 1 heterocycles. The maximum absolute atomic E-state index is 12.1. The van der Waals surface area contributed by atoms with Crippen molar-refractivity contribution in [1.29, 1.82) is 0 Å². The van der Waals surface area contributed by atoms with Gasteiger partial charge in [0.05, 0.1) is 0 Å². The van der Waals surface area contributed by atoms with Gasteiger partial charge in [-0.15, -0.1) is 0 Å². The van der Waals surface area contributed by atoms with E-state index in [0.29, 0.717) is 25.4 Å². The first-order valence-electron chi connectivity index (χ1n) is 7.35. The van der Waals surface area contributed by atoms with E-state index in [1.54, 1.807) is 12.0 Å². The third-order valence-electron chi connectivity index (χ3n) is 3.75. The number of hydrogen-bond acceptors (Lipinski definition) is 3. The van der Waals surface area contributed by atoms with Gasteiger partial charge < -0.3 is 20.1 Å². The van der Waals surface area contributed by atoms with E-state index >= 15 is 0 Å². The Morgan fingerprint density at radius 1 is 1.40 bits per heavy atom. The molecule has 1 rings (SSSR count). The lowest BCUT2D eigenvalue weighted by Crippen LogP contribution is -2.50. The summed E-state index contributed by atoms with van der Waals surface area (Å²) in [6.07, 6.45) is 4.02. The SMILES string of the molecule is CCCCC(NC(=O)N1CCC(COC)CC1)C(=O)O. The van der Waals surface area contributed by atoms with Crippen LogP contribution in [0.15, 0.2) is 0 Å². The van der Waals surface area contributed by atoms with E-state index in [1.807, 2.05) is 6.92 Å². The lowest BCUT2D eigenvalue weighted by molar-refractivity contribution is -0.139. The van der Waals surface area contributed by atoms with Crippen LogP contribution in [0.4, 0.5) is 4.79 Å². The number of carbonyl (C=O) groups is 2. The highest BCUT2D eigenvalue weighted by molar-refractivity contribution is 5.82. The normalized spacial score (nSPS) is 17.8. The van der Waals surface area contributed by atoms with Crippen LogP contribution in [-0.2, 0) is 9.53 Å². The lowest BCUT2D eigenvalue weighted by Gasteiger charge is -2.32. The van der Waals surface area contributed by atoms with Gasteiger partial charge in [-0.3, -0.25) is 0 Å². The van der Waals surface area contributed by atoms with Gasteiger partial charge in [0.15, 0.2) is 0 Å². The molecule has 6 heteroatoms. The highest BCUT2D eigenvalue weighted by atomic mass is 16.5. The van der Waals surface area contributed by atoms with Crippen molar-refractivity contribution in [3.63, 3.8) is 0 Å². The molecule has 0 spiro atoms. The summed E-state index contributed by atoms with van der Waals surface area (Å²) in [6.45, 7) is 4.06. The molecule has 0 aliphatic carbocycles. The number of nitrogens with zero attached hydrogens (tertiary/aromatic N) is 1. The van der Waals surface area contributed by atoms with Gasteiger partial charge in [0.2, 0.25) is 0 Å². The number of ether oxygens (including phenoxy) is 1. The van der Waals surface area contributed by atoms with Crippen molar-refractivity contribution in [2.75, 3.05) is 26.8 Å². The van der Waals surface area contributed by atoms with E-state index in [2.05, 4.69) is 5.32 Å². The van der Waals surface area contributed by atoms with Crippen molar-refractivity contribution in [3.8, 4) is 0 Å². The maximum Gasteiger partial charge on any atom is 0.326 e. The molecule has 2 amide bonds. The van der Waals surface area contributed by atoms with Crippen molar-refractivity contribution in [1.82, 2.24) is 10.2 Å². The second kappa shape index (κ2) is 8.79. The van der Waals surface area contributed by atoms with Gasteiger partial charge >= 0.3 is 12.0 Å². The van der Waals surface area contributed by atoms with Gasteiger partial charge in [0.25, 0.3) is 0 Å². The van der Waals surface area contributed by atoms with Crippen LogP contribution in [0, 0.1) is 5.92 Å². The van der Waals surface area contributed by atoms with Crippen molar-refractivity contribution in [2.24, 2.45) is 5.92 Å². The molecule has 1 atom stereocenters. The third-order valence-corrected chi connectivity index (χ3v) is 3.75. The summed E-state index contributed by atoms with van der Waals surface area (Å²) >= 11 is 0. The van der Waals surface area contributed by atoms with E-state index in [0.717, 1.165) is 32.3 Å². The summed E-state index contributed by atoms with van der Waals surface area (Å²) in [5.74, 6) is -0.458. The summed E-state index contributed by atoms with van der Waals surface area (Å²) < 4.78 is 5.12. The van der Waals surface area contributed by atoms with E-state index < -0.39 is 12.0 Å². The number of urea groups is 1. The minimum Gasteiger partial charge on any atom is -0.480 e. The van der Waals surface area contributed by atoms with Crippen LogP contribution in [0.2, 0.25) is 0 Å². The van der Waals surface area contributed by atoms with Gasteiger partial charge in [0.1, 0.15) is 6.04 Å². The van der Waals surface area contributed by atoms with Crippen LogP contribution >= 0.6 is 0 Å². The molecule has 1 aliphatic rings. The first-order valence-corrected chi connectivity index (χ1v) is 7.35. The average Bonchev–Trinajstić information content (AvgIpc) is 2.44. The van der Waals surface area contributed by atoms with E-state index in [1.165, 1.54) is 0 Å². The number of likely N-dealkylation sites (tertiary alicyclic amines) is 1. The lowest BCUT2D eigenvalue weighted by atomic mass is 9.98. The number of methoxy groups -OCH3 is 1. The average molecular weight is 286 g/mol. The molecule has 0 radical (unpaired) electrons. The summed E-state index contributed by atoms with van der Waals surface area (Å²) in [5.41, 5.74) is 0.